The molecule has 3 aromatic rings. The van der Waals surface area contributed by atoms with Crippen LogP contribution in [0.3, 0.4) is 0 Å². The van der Waals surface area contributed by atoms with Gasteiger partial charge in [0.2, 0.25) is 0 Å². The molecule has 140 valence electrons. The molecule has 1 aromatic heterocycles. The molecule has 1 N–H and O–H groups in total. The van der Waals surface area contributed by atoms with Gasteiger partial charge in [-0.25, -0.2) is 4.68 Å². The minimum atomic E-state index is -0.272. The molecule has 1 heterocycles. The van der Waals surface area contributed by atoms with Crippen molar-refractivity contribution in [1.82, 2.24) is 15.1 Å². The van der Waals surface area contributed by atoms with E-state index in [-0.39, 0.29) is 5.91 Å². The van der Waals surface area contributed by atoms with Crippen LogP contribution in [0.15, 0.2) is 54.6 Å². The molecule has 5 nitrogen and oxygen atoms in total. The Morgan fingerprint density at radius 1 is 1.15 bits per heavy atom. The van der Waals surface area contributed by atoms with Gasteiger partial charge in [0, 0.05) is 5.02 Å². The first kappa shape index (κ1) is 19.3. The van der Waals surface area contributed by atoms with E-state index in [0.717, 1.165) is 5.56 Å². The Bertz CT molecular complexity index is 926. The molecule has 2 aromatic carbocycles. The highest BCUT2D eigenvalue weighted by atomic mass is 35.5. The lowest BCUT2D eigenvalue weighted by atomic mass is 10.2. The molecule has 7 heteroatoms. The van der Waals surface area contributed by atoms with Crippen molar-refractivity contribution in [1.29, 1.82) is 0 Å². The average molecular weight is 404 g/mol. The molecule has 0 saturated heterocycles. The lowest BCUT2D eigenvalue weighted by molar-refractivity contribution is 0.0946. The van der Waals surface area contributed by atoms with Crippen LogP contribution in [-0.2, 0) is 6.54 Å². The van der Waals surface area contributed by atoms with Gasteiger partial charge in [-0.05, 0) is 30.7 Å². The number of hydrogen-bond acceptors (Lipinski definition) is 3. The van der Waals surface area contributed by atoms with Crippen LogP contribution in [0.5, 0.6) is 5.75 Å². The molecule has 0 aliphatic rings. The molecule has 1 amide bonds. The first-order valence-corrected chi connectivity index (χ1v) is 9.23. The Balaban J connectivity index is 1.58. The fourth-order valence-corrected chi connectivity index (χ4v) is 3.15. The zero-order valence-corrected chi connectivity index (χ0v) is 16.3. The maximum Gasteiger partial charge on any atom is 0.256 e. The van der Waals surface area contributed by atoms with Crippen molar-refractivity contribution < 1.29 is 9.53 Å². The number of aryl methyl sites for hydroxylation is 1. The lowest BCUT2D eigenvalue weighted by Crippen LogP contribution is -2.28. The predicted octanol–water partition coefficient (Wildman–Crippen LogP) is 4.36. The summed E-state index contributed by atoms with van der Waals surface area (Å²) >= 11 is 12.3. The molecule has 0 bridgehead atoms. The van der Waals surface area contributed by atoms with Crippen LogP contribution >= 0.6 is 23.2 Å². The van der Waals surface area contributed by atoms with Gasteiger partial charge >= 0.3 is 0 Å². The smallest absolute Gasteiger partial charge is 0.256 e. The highest BCUT2D eigenvalue weighted by Gasteiger charge is 2.20. The third kappa shape index (κ3) is 5.02. The van der Waals surface area contributed by atoms with Crippen molar-refractivity contribution in [2.75, 3.05) is 13.2 Å². The van der Waals surface area contributed by atoms with Crippen LogP contribution in [0.4, 0.5) is 0 Å². The van der Waals surface area contributed by atoms with Crippen LogP contribution in [0.25, 0.3) is 0 Å². The van der Waals surface area contributed by atoms with Gasteiger partial charge in [-0.1, -0.05) is 59.6 Å². The summed E-state index contributed by atoms with van der Waals surface area (Å²) in [6, 6.07) is 16.9. The van der Waals surface area contributed by atoms with Gasteiger partial charge in [0.05, 0.1) is 24.3 Å². The summed E-state index contributed by atoms with van der Waals surface area (Å²) < 4.78 is 7.19. The van der Waals surface area contributed by atoms with E-state index >= 15 is 0 Å². The number of benzene rings is 2. The number of aromatic nitrogens is 2. The molecule has 0 radical (unpaired) electrons. The summed E-state index contributed by atoms with van der Waals surface area (Å²) in [6.45, 7) is 2.93. The molecule has 0 spiro atoms. The number of hydrogen-bond donors (Lipinski definition) is 1. The number of carbonyl (C=O) groups excluding carboxylic acids is 1. The van der Waals surface area contributed by atoms with Gasteiger partial charge in [0.15, 0.2) is 0 Å². The minimum Gasteiger partial charge on any atom is -0.492 e. The van der Waals surface area contributed by atoms with Gasteiger partial charge in [0.25, 0.3) is 5.91 Å². The van der Waals surface area contributed by atoms with Crippen molar-refractivity contribution in [2.45, 2.75) is 13.5 Å². The van der Waals surface area contributed by atoms with Crippen molar-refractivity contribution in [3.05, 3.63) is 81.6 Å². The van der Waals surface area contributed by atoms with Gasteiger partial charge in [0.1, 0.15) is 17.5 Å². The predicted molar refractivity (Wildman–Crippen MR) is 107 cm³/mol. The molecule has 0 aliphatic carbocycles. The minimum absolute atomic E-state index is 0.272. The summed E-state index contributed by atoms with van der Waals surface area (Å²) in [5.74, 6) is 0.383. The first-order valence-electron chi connectivity index (χ1n) is 8.48. The van der Waals surface area contributed by atoms with E-state index in [2.05, 4.69) is 10.4 Å². The average Bonchev–Trinajstić information content (AvgIpc) is 2.93. The van der Waals surface area contributed by atoms with E-state index < -0.39 is 0 Å². The zero-order chi connectivity index (χ0) is 19.2. The molecule has 0 atom stereocenters. The van der Waals surface area contributed by atoms with Crippen molar-refractivity contribution in [2.24, 2.45) is 0 Å². The van der Waals surface area contributed by atoms with Crippen LogP contribution in [0, 0.1) is 6.92 Å². The molecule has 3 rings (SSSR count). The molecule has 0 fully saturated rings. The second kappa shape index (κ2) is 8.93. The molecular formula is C20H19Cl2N3O2. The largest absolute Gasteiger partial charge is 0.492 e. The zero-order valence-electron chi connectivity index (χ0n) is 14.8. The Hall–Kier alpha value is -2.50. The number of amides is 1. The van der Waals surface area contributed by atoms with Crippen LogP contribution < -0.4 is 10.1 Å². The van der Waals surface area contributed by atoms with E-state index in [0.29, 0.717) is 46.9 Å². The highest BCUT2D eigenvalue weighted by molar-refractivity contribution is 6.33. The number of halogens is 2. The van der Waals surface area contributed by atoms with Crippen LogP contribution in [0.1, 0.15) is 21.6 Å². The summed E-state index contributed by atoms with van der Waals surface area (Å²) in [7, 11) is 0. The van der Waals surface area contributed by atoms with Gasteiger partial charge in [-0.3, -0.25) is 4.79 Å². The summed E-state index contributed by atoms with van der Waals surface area (Å²) in [5, 5.41) is 8.12. The number of nitrogens with one attached hydrogen (secondary N) is 1. The molecule has 0 aliphatic heterocycles. The summed E-state index contributed by atoms with van der Waals surface area (Å²) in [5.41, 5.74) is 2.03. The highest BCUT2D eigenvalue weighted by Crippen LogP contribution is 2.21. The molecule has 0 unspecified atom stereocenters. The Labute approximate surface area is 167 Å². The van der Waals surface area contributed by atoms with Gasteiger partial charge in [-0.2, -0.15) is 5.10 Å². The molecule has 0 saturated carbocycles. The van der Waals surface area contributed by atoms with Gasteiger partial charge in [-0.15, -0.1) is 0 Å². The second-order valence-corrected chi connectivity index (χ2v) is 6.75. The topological polar surface area (TPSA) is 56.2 Å². The normalized spacial score (nSPS) is 10.6. The van der Waals surface area contributed by atoms with Gasteiger partial charge < -0.3 is 10.1 Å². The lowest BCUT2D eigenvalue weighted by Gasteiger charge is -2.08. The van der Waals surface area contributed by atoms with E-state index in [4.69, 9.17) is 27.9 Å². The molecule has 27 heavy (non-hydrogen) atoms. The fraction of sp³-hybridized carbons (Fsp3) is 0.200. The Morgan fingerprint density at radius 2 is 1.93 bits per heavy atom. The van der Waals surface area contributed by atoms with E-state index in [1.54, 1.807) is 29.8 Å². The van der Waals surface area contributed by atoms with E-state index in [9.17, 15) is 4.79 Å². The Morgan fingerprint density at radius 3 is 2.67 bits per heavy atom. The van der Waals surface area contributed by atoms with Crippen LogP contribution in [0.2, 0.25) is 10.2 Å². The SMILES string of the molecule is Cc1nn(Cc2ccccc2)c(Cl)c1C(=O)NCCOc1cccc(Cl)c1. The van der Waals surface area contributed by atoms with Crippen molar-refractivity contribution in [3.63, 3.8) is 0 Å². The maximum absolute atomic E-state index is 12.5. The standard InChI is InChI=1S/C20H19Cl2N3O2/c1-14-18(19(22)25(24-14)13-15-6-3-2-4-7-15)20(26)23-10-11-27-17-9-5-8-16(21)12-17/h2-9,12H,10-11,13H2,1H3,(H,23,26). The third-order valence-electron chi connectivity index (χ3n) is 3.92. The summed E-state index contributed by atoms with van der Waals surface area (Å²) in [4.78, 5) is 12.5. The van der Waals surface area contributed by atoms with E-state index in [1.165, 1.54) is 0 Å². The molecular weight excluding hydrogens is 385 g/mol. The summed E-state index contributed by atoms with van der Waals surface area (Å²) in [6.07, 6.45) is 0. The maximum atomic E-state index is 12.5. The number of rotatable bonds is 7. The number of nitrogens with zero attached hydrogens (tertiary/aromatic N) is 2. The van der Waals surface area contributed by atoms with Crippen molar-refractivity contribution in [3.8, 4) is 5.75 Å². The second-order valence-electron chi connectivity index (χ2n) is 5.96. The van der Waals surface area contributed by atoms with E-state index in [1.807, 2.05) is 36.4 Å². The monoisotopic (exact) mass is 403 g/mol. The number of carbonyl (C=O) groups is 1. The number of ether oxygens (including phenoxy) is 1. The van der Waals surface area contributed by atoms with Crippen molar-refractivity contribution >= 4 is 29.1 Å². The van der Waals surface area contributed by atoms with Crippen LogP contribution in [-0.4, -0.2) is 28.8 Å². The quantitative estimate of drug-likeness (QED) is 0.596. The first-order chi connectivity index (χ1) is 13.0. The Kier molecular flexibility index (Phi) is 6.37. The third-order valence-corrected chi connectivity index (χ3v) is 4.54. The fourth-order valence-electron chi connectivity index (χ4n) is 2.65.